The van der Waals surface area contributed by atoms with Gasteiger partial charge in [-0.25, -0.2) is 9.89 Å². The number of anilines is 1. The molecule has 0 atom stereocenters. The molecule has 1 heterocycles. The van der Waals surface area contributed by atoms with Gasteiger partial charge in [0.15, 0.2) is 0 Å². The minimum atomic E-state index is -0.342. The summed E-state index contributed by atoms with van der Waals surface area (Å²) in [6.45, 7) is 0. The van der Waals surface area contributed by atoms with Gasteiger partial charge in [0.1, 0.15) is 5.70 Å². The van der Waals surface area contributed by atoms with Gasteiger partial charge in [-0.2, -0.15) is 0 Å². The number of aliphatic imine (C=N–C) groups is 1. The molecule has 0 saturated carbocycles. The summed E-state index contributed by atoms with van der Waals surface area (Å²) in [6.07, 6.45) is 1.71. The molecule has 2 amide bonds. The van der Waals surface area contributed by atoms with E-state index in [1.54, 1.807) is 42.5 Å². The van der Waals surface area contributed by atoms with E-state index in [9.17, 15) is 9.59 Å². The Labute approximate surface area is 182 Å². The molecule has 1 aliphatic heterocycles. The van der Waals surface area contributed by atoms with Crippen LogP contribution in [0.4, 0.5) is 5.69 Å². The van der Waals surface area contributed by atoms with Gasteiger partial charge >= 0.3 is 0 Å². The lowest BCUT2D eigenvalue weighted by Gasteiger charge is -2.19. The van der Waals surface area contributed by atoms with Crippen molar-refractivity contribution in [3.8, 4) is 0 Å². The Hall–Kier alpha value is -3.71. The molecule has 0 unspecified atom stereocenters. The van der Waals surface area contributed by atoms with E-state index in [0.717, 1.165) is 10.0 Å². The highest BCUT2D eigenvalue weighted by Gasteiger charge is 2.32. The maximum atomic E-state index is 13.1. The predicted octanol–water partition coefficient (Wildman–Crippen LogP) is 4.13. The number of nitrogens with zero attached hydrogens (tertiary/aromatic N) is 2. The largest absolute Gasteiger partial charge is 0.283 e. The Kier molecular flexibility index (Phi) is 5.72. The van der Waals surface area contributed by atoms with Gasteiger partial charge in [-0.05, 0) is 48.0 Å². The summed E-state index contributed by atoms with van der Waals surface area (Å²) >= 11 is 3.34. The van der Waals surface area contributed by atoms with E-state index in [2.05, 4.69) is 31.8 Å². The maximum Gasteiger partial charge on any atom is 0.283 e. The number of para-hydroxylation sites is 1. The summed E-state index contributed by atoms with van der Waals surface area (Å²) < 4.78 is 0.878. The number of hydrogen-bond donors (Lipinski definition) is 2. The minimum Gasteiger partial charge on any atom is -0.267 e. The normalized spacial score (nSPS) is 14.6. The van der Waals surface area contributed by atoms with E-state index < -0.39 is 0 Å². The molecule has 0 fully saturated rings. The van der Waals surface area contributed by atoms with E-state index in [1.165, 1.54) is 4.90 Å². The highest BCUT2D eigenvalue weighted by atomic mass is 79.9. The highest BCUT2D eigenvalue weighted by molar-refractivity contribution is 9.10. The lowest BCUT2D eigenvalue weighted by molar-refractivity contribution is -0.113. The van der Waals surface area contributed by atoms with Crippen LogP contribution in [0, 0.1) is 0 Å². The molecule has 0 aliphatic carbocycles. The number of amides is 2. The van der Waals surface area contributed by atoms with Crippen molar-refractivity contribution in [1.29, 1.82) is 0 Å². The van der Waals surface area contributed by atoms with Gasteiger partial charge in [0.2, 0.25) is 5.96 Å². The van der Waals surface area contributed by atoms with Crippen LogP contribution in [0.5, 0.6) is 0 Å². The van der Waals surface area contributed by atoms with Crippen LogP contribution in [0.15, 0.2) is 100 Å². The quantitative estimate of drug-likeness (QED) is 0.455. The molecule has 6 nitrogen and oxygen atoms in total. The van der Waals surface area contributed by atoms with Crippen molar-refractivity contribution in [2.45, 2.75) is 0 Å². The number of halogens is 1. The number of carbonyl (C=O) groups is 2. The van der Waals surface area contributed by atoms with Crippen LogP contribution in [0.3, 0.4) is 0 Å². The molecule has 0 saturated heterocycles. The Bertz CT molecular complexity index is 1130. The average Bonchev–Trinajstić information content (AvgIpc) is 3.09. The first-order valence-electron chi connectivity index (χ1n) is 9.19. The average molecular weight is 461 g/mol. The summed E-state index contributed by atoms with van der Waals surface area (Å²) in [5.41, 5.74) is 7.64. The monoisotopic (exact) mass is 460 g/mol. The van der Waals surface area contributed by atoms with E-state index in [4.69, 9.17) is 0 Å². The van der Waals surface area contributed by atoms with Crippen molar-refractivity contribution in [3.63, 3.8) is 0 Å². The van der Waals surface area contributed by atoms with Crippen molar-refractivity contribution in [1.82, 2.24) is 10.9 Å². The number of carbonyl (C=O) groups excluding carboxylic acids is 2. The van der Waals surface area contributed by atoms with Gasteiger partial charge in [-0.1, -0.05) is 64.5 Å². The van der Waals surface area contributed by atoms with E-state index in [-0.39, 0.29) is 23.5 Å². The third-order valence-corrected chi connectivity index (χ3v) is 4.90. The van der Waals surface area contributed by atoms with Gasteiger partial charge in [0.05, 0.1) is 5.69 Å². The van der Waals surface area contributed by atoms with E-state index in [0.29, 0.717) is 11.3 Å². The number of guanidine groups is 1. The molecule has 30 heavy (non-hydrogen) atoms. The first-order valence-corrected chi connectivity index (χ1v) is 9.98. The molecule has 7 heteroatoms. The van der Waals surface area contributed by atoms with Gasteiger partial charge in [-0.15, -0.1) is 0 Å². The Morgan fingerprint density at radius 1 is 0.900 bits per heavy atom. The van der Waals surface area contributed by atoms with Crippen molar-refractivity contribution >= 4 is 45.5 Å². The molecule has 0 spiro atoms. The second kappa shape index (κ2) is 8.75. The number of hydrazine groups is 1. The zero-order chi connectivity index (χ0) is 20.9. The maximum absolute atomic E-state index is 13.1. The van der Waals surface area contributed by atoms with Crippen LogP contribution >= 0.6 is 15.9 Å². The summed E-state index contributed by atoms with van der Waals surface area (Å²) in [4.78, 5) is 31.4. The fourth-order valence-corrected chi connectivity index (χ4v) is 3.17. The molecule has 0 aromatic heterocycles. The second-order valence-electron chi connectivity index (χ2n) is 6.44. The lowest BCUT2D eigenvalue weighted by atomic mass is 10.2. The molecule has 3 aromatic rings. The van der Waals surface area contributed by atoms with E-state index >= 15 is 0 Å². The van der Waals surface area contributed by atoms with Gasteiger partial charge < -0.3 is 0 Å². The molecule has 3 aromatic carbocycles. The molecule has 2 N–H and O–H groups in total. The van der Waals surface area contributed by atoms with E-state index in [1.807, 2.05) is 48.5 Å². The zero-order valence-electron chi connectivity index (χ0n) is 15.7. The molecular weight excluding hydrogens is 444 g/mol. The summed E-state index contributed by atoms with van der Waals surface area (Å²) in [7, 11) is 0. The van der Waals surface area contributed by atoms with Gasteiger partial charge in [-0.3, -0.25) is 20.4 Å². The van der Waals surface area contributed by atoms with Crippen LogP contribution in [0.2, 0.25) is 0 Å². The van der Waals surface area contributed by atoms with Crippen LogP contribution in [0.25, 0.3) is 6.08 Å². The first kappa shape index (κ1) is 19.6. The lowest BCUT2D eigenvalue weighted by Crippen LogP contribution is -2.49. The Balaban J connectivity index is 1.60. The van der Waals surface area contributed by atoms with Gasteiger partial charge in [0.25, 0.3) is 11.8 Å². The zero-order valence-corrected chi connectivity index (χ0v) is 17.3. The van der Waals surface area contributed by atoms with Crippen LogP contribution in [-0.4, -0.2) is 17.8 Å². The molecule has 4 rings (SSSR count). The summed E-state index contributed by atoms with van der Waals surface area (Å²) in [5.74, 6) is -0.407. The Morgan fingerprint density at radius 2 is 1.53 bits per heavy atom. The number of hydrogen-bond acceptors (Lipinski definition) is 4. The number of rotatable bonds is 3. The fourth-order valence-electron chi connectivity index (χ4n) is 2.91. The first-order chi connectivity index (χ1) is 14.6. The second-order valence-corrected chi connectivity index (χ2v) is 7.35. The van der Waals surface area contributed by atoms with Gasteiger partial charge in [0, 0.05) is 10.0 Å². The topological polar surface area (TPSA) is 73.8 Å². The Morgan fingerprint density at radius 3 is 2.20 bits per heavy atom. The fraction of sp³-hybridized carbons (Fsp3) is 0. The molecule has 1 aliphatic rings. The molecule has 0 radical (unpaired) electrons. The molecule has 0 bridgehead atoms. The van der Waals surface area contributed by atoms with Crippen molar-refractivity contribution in [2.75, 3.05) is 4.90 Å². The van der Waals surface area contributed by atoms with Crippen LogP contribution < -0.4 is 15.8 Å². The number of nitrogens with one attached hydrogen (secondary N) is 2. The third kappa shape index (κ3) is 4.31. The molecular formula is C23H17BrN4O2. The highest BCUT2D eigenvalue weighted by Crippen LogP contribution is 2.24. The van der Waals surface area contributed by atoms with Crippen molar-refractivity contribution in [3.05, 3.63) is 106 Å². The minimum absolute atomic E-state index is 0.221. The number of benzene rings is 3. The summed E-state index contributed by atoms with van der Waals surface area (Å²) in [6, 6.07) is 25.6. The smallest absolute Gasteiger partial charge is 0.267 e. The molecule has 148 valence electrons. The standard InChI is InChI=1S/C23H17BrN4O2/c24-18-13-11-17(12-14-18)21(29)26-27-23-25-20(15-16-7-3-1-4-8-16)22(30)28(23)19-9-5-2-6-10-19/h1-15H,(H,25,27)(H,26,29)/b20-15-. The van der Waals surface area contributed by atoms with Crippen LogP contribution in [-0.2, 0) is 4.79 Å². The van der Waals surface area contributed by atoms with Crippen molar-refractivity contribution < 1.29 is 9.59 Å². The predicted molar refractivity (Wildman–Crippen MR) is 121 cm³/mol. The SMILES string of the molecule is O=C(NNC1=N/C(=C\c2ccccc2)C(=O)N1c1ccccc1)c1ccc(Br)cc1. The summed E-state index contributed by atoms with van der Waals surface area (Å²) in [5, 5.41) is 0. The van der Waals surface area contributed by atoms with Crippen LogP contribution in [0.1, 0.15) is 15.9 Å². The van der Waals surface area contributed by atoms with Crippen molar-refractivity contribution in [2.24, 2.45) is 4.99 Å². The third-order valence-electron chi connectivity index (χ3n) is 4.37.